The summed E-state index contributed by atoms with van der Waals surface area (Å²) in [5.41, 5.74) is 0. The molecule has 1 atom stereocenters. The molecule has 7 heteroatoms. The fourth-order valence-corrected chi connectivity index (χ4v) is 3.43. The van der Waals surface area contributed by atoms with Gasteiger partial charge in [-0.15, -0.1) is 11.3 Å². The molecule has 100 valence electrons. The van der Waals surface area contributed by atoms with Crippen LogP contribution in [0.2, 0.25) is 0 Å². The van der Waals surface area contributed by atoms with Crippen LogP contribution in [0, 0.1) is 5.92 Å². The second-order valence-electron chi connectivity index (χ2n) is 4.64. The van der Waals surface area contributed by atoms with E-state index >= 15 is 0 Å². The number of thiophene rings is 1. The van der Waals surface area contributed by atoms with Crippen molar-refractivity contribution in [3.63, 3.8) is 0 Å². The van der Waals surface area contributed by atoms with E-state index in [2.05, 4.69) is 5.32 Å². The van der Waals surface area contributed by atoms with Crippen LogP contribution < -0.4 is 10.5 Å². The van der Waals surface area contributed by atoms with Crippen molar-refractivity contribution in [2.24, 2.45) is 11.1 Å². The molecule has 2 rings (SSSR count). The highest BCUT2D eigenvalue weighted by molar-refractivity contribution is 7.91. The molecule has 0 aromatic carbocycles. The molecule has 0 aliphatic heterocycles. The zero-order valence-corrected chi connectivity index (χ0v) is 11.7. The summed E-state index contributed by atoms with van der Waals surface area (Å²) in [6.45, 7) is 1.84. The highest BCUT2D eigenvalue weighted by atomic mass is 32.2. The summed E-state index contributed by atoms with van der Waals surface area (Å²) in [5.74, 6) is 0.566. The van der Waals surface area contributed by atoms with Gasteiger partial charge in [0.25, 0.3) is 0 Å². The predicted octanol–water partition coefficient (Wildman–Crippen LogP) is 1.37. The highest BCUT2D eigenvalue weighted by Gasteiger charge is 2.25. The first-order valence-electron chi connectivity index (χ1n) is 5.78. The lowest BCUT2D eigenvalue weighted by Gasteiger charge is -2.11. The van der Waals surface area contributed by atoms with E-state index in [-0.39, 0.29) is 16.2 Å². The van der Waals surface area contributed by atoms with E-state index in [0.29, 0.717) is 12.3 Å². The molecule has 1 aromatic rings. The van der Waals surface area contributed by atoms with E-state index in [9.17, 15) is 13.2 Å². The van der Waals surface area contributed by atoms with E-state index in [1.54, 1.807) is 6.07 Å². The minimum atomic E-state index is -3.65. The van der Waals surface area contributed by atoms with Crippen molar-refractivity contribution >= 4 is 27.3 Å². The van der Waals surface area contributed by atoms with Gasteiger partial charge in [0.05, 0.1) is 6.04 Å². The van der Waals surface area contributed by atoms with E-state index in [0.717, 1.165) is 29.1 Å². The average Bonchev–Trinajstić information content (AvgIpc) is 2.91. The molecule has 1 amide bonds. The smallest absolute Gasteiger partial charge is 0.247 e. The van der Waals surface area contributed by atoms with Gasteiger partial charge in [-0.2, -0.15) is 0 Å². The molecule has 1 unspecified atom stereocenters. The normalized spacial score (nSPS) is 17.4. The van der Waals surface area contributed by atoms with E-state index < -0.39 is 10.0 Å². The third kappa shape index (κ3) is 3.54. The molecule has 1 fully saturated rings. The topological polar surface area (TPSA) is 89.3 Å². The number of amides is 1. The number of carbonyl (C=O) groups excluding carboxylic acids is 1. The number of carbonyl (C=O) groups is 1. The summed E-state index contributed by atoms with van der Waals surface area (Å²) in [6.07, 6.45) is 2.84. The molecule has 0 bridgehead atoms. The van der Waals surface area contributed by atoms with E-state index in [4.69, 9.17) is 5.14 Å². The maximum absolute atomic E-state index is 11.6. The van der Waals surface area contributed by atoms with Gasteiger partial charge in [0, 0.05) is 11.3 Å². The van der Waals surface area contributed by atoms with Crippen molar-refractivity contribution in [2.75, 3.05) is 0 Å². The zero-order chi connectivity index (χ0) is 13.3. The quantitative estimate of drug-likeness (QED) is 0.857. The first-order valence-corrected chi connectivity index (χ1v) is 8.14. The van der Waals surface area contributed by atoms with Crippen molar-refractivity contribution in [1.82, 2.24) is 5.32 Å². The molecular formula is C11H16N2O3S2. The largest absolute Gasteiger partial charge is 0.349 e. The van der Waals surface area contributed by atoms with Crippen molar-refractivity contribution < 1.29 is 13.2 Å². The second-order valence-corrected chi connectivity index (χ2v) is 7.54. The van der Waals surface area contributed by atoms with Gasteiger partial charge >= 0.3 is 0 Å². The van der Waals surface area contributed by atoms with Crippen molar-refractivity contribution in [3.8, 4) is 0 Å². The Labute approximate surface area is 110 Å². The van der Waals surface area contributed by atoms with Gasteiger partial charge in [0.15, 0.2) is 0 Å². The Bertz CT molecular complexity index is 546. The molecule has 1 aromatic heterocycles. The lowest BCUT2D eigenvalue weighted by atomic mass is 10.2. The molecule has 1 heterocycles. The Balaban J connectivity index is 1.97. The van der Waals surface area contributed by atoms with Crippen LogP contribution in [-0.2, 0) is 14.8 Å². The summed E-state index contributed by atoms with van der Waals surface area (Å²) in [4.78, 5) is 12.4. The summed E-state index contributed by atoms with van der Waals surface area (Å²) in [6, 6.07) is 2.97. The fraction of sp³-hybridized carbons (Fsp3) is 0.545. The predicted molar refractivity (Wildman–Crippen MR) is 69.6 cm³/mol. The van der Waals surface area contributed by atoms with Gasteiger partial charge in [-0.1, -0.05) is 0 Å². The maximum Gasteiger partial charge on any atom is 0.247 e. The minimum Gasteiger partial charge on any atom is -0.349 e. The molecule has 3 N–H and O–H groups in total. The summed E-state index contributed by atoms with van der Waals surface area (Å²) >= 11 is 1.10. The number of hydrogen-bond donors (Lipinski definition) is 2. The van der Waals surface area contributed by atoms with Gasteiger partial charge < -0.3 is 5.32 Å². The standard InChI is InChI=1S/C11H16N2O3S2/c1-7(13-10(14)6-8-2-3-8)9-4-5-11(17-9)18(12,15)16/h4-5,7-8H,2-3,6H2,1H3,(H,13,14)(H2,12,15,16). The molecule has 0 saturated heterocycles. The number of sulfonamides is 1. The first kappa shape index (κ1) is 13.5. The second kappa shape index (κ2) is 4.99. The fourth-order valence-electron chi connectivity index (χ4n) is 1.68. The minimum absolute atomic E-state index is 0.0237. The molecule has 1 aliphatic rings. The number of nitrogens with two attached hydrogens (primary N) is 1. The van der Waals surface area contributed by atoms with Gasteiger partial charge in [-0.3, -0.25) is 4.79 Å². The van der Waals surface area contributed by atoms with Crippen LogP contribution in [0.1, 0.15) is 37.1 Å². The molecule has 0 radical (unpaired) electrons. The summed E-state index contributed by atoms with van der Waals surface area (Å²) in [5, 5.41) is 7.91. The Hall–Kier alpha value is -0.920. The van der Waals surface area contributed by atoms with Crippen LogP contribution in [0.4, 0.5) is 0 Å². The SMILES string of the molecule is CC(NC(=O)CC1CC1)c1ccc(S(N)(=O)=O)s1. The van der Waals surface area contributed by atoms with Crippen LogP contribution in [0.5, 0.6) is 0 Å². The summed E-state index contributed by atoms with van der Waals surface area (Å²) < 4.78 is 22.4. The van der Waals surface area contributed by atoms with Gasteiger partial charge in [0.1, 0.15) is 4.21 Å². The molecule has 1 saturated carbocycles. The van der Waals surface area contributed by atoms with Crippen LogP contribution in [0.25, 0.3) is 0 Å². The Kier molecular flexibility index (Phi) is 3.74. The molecule has 0 spiro atoms. The van der Waals surface area contributed by atoms with Gasteiger partial charge in [-0.05, 0) is 37.8 Å². The van der Waals surface area contributed by atoms with Crippen LogP contribution in [0.3, 0.4) is 0 Å². The Morgan fingerprint density at radius 2 is 2.22 bits per heavy atom. The Morgan fingerprint density at radius 1 is 1.56 bits per heavy atom. The first-order chi connectivity index (χ1) is 8.36. The van der Waals surface area contributed by atoms with Crippen molar-refractivity contribution in [2.45, 2.75) is 36.4 Å². The lowest BCUT2D eigenvalue weighted by Crippen LogP contribution is -2.26. The van der Waals surface area contributed by atoms with E-state index in [1.165, 1.54) is 6.07 Å². The highest BCUT2D eigenvalue weighted by Crippen LogP contribution is 2.32. The third-order valence-electron chi connectivity index (χ3n) is 2.86. The van der Waals surface area contributed by atoms with Crippen LogP contribution >= 0.6 is 11.3 Å². The van der Waals surface area contributed by atoms with Gasteiger partial charge in [-0.25, -0.2) is 13.6 Å². The molecule has 1 aliphatic carbocycles. The number of primary sulfonamides is 1. The number of hydrogen-bond acceptors (Lipinski definition) is 4. The van der Waals surface area contributed by atoms with Crippen LogP contribution in [0.15, 0.2) is 16.3 Å². The molecular weight excluding hydrogens is 272 g/mol. The van der Waals surface area contributed by atoms with Crippen molar-refractivity contribution in [1.29, 1.82) is 0 Å². The van der Waals surface area contributed by atoms with E-state index in [1.807, 2.05) is 6.92 Å². The number of nitrogens with one attached hydrogen (secondary N) is 1. The van der Waals surface area contributed by atoms with Crippen molar-refractivity contribution in [3.05, 3.63) is 17.0 Å². The molecule has 18 heavy (non-hydrogen) atoms. The lowest BCUT2D eigenvalue weighted by molar-refractivity contribution is -0.122. The Morgan fingerprint density at radius 3 is 2.72 bits per heavy atom. The summed E-state index contributed by atoms with van der Waals surface area (Å²) in [7, 11) is -3.65. The number of rotatable bonds is 5. The average molecular weight is 288 g/mol. The molecule has 5 nitrogen and oxygen atoms in total. The van der Waals surface area contributed by atoms with Gasteiger partial charge in [0.2, 0.25) is 15.9 Å². The van der Waals surface area contributed by atoms with Crippen LogP contribution in [-0.4, -0.2) is 14.3 Å². The monoisotopic (exact) mass is 288 g/mol. The third-order valence-corrected chi connectivity index (χ3v) is 5.56. The maximum atomic E-state index is 11.6. The zero-order valence-electron chi connectivity index (χ0n) is 10.0.